The first kappa shape index (κ1) is 17.9. The molecule has 0 bridgehead atoms. The molecule has 0 saturated carbocycles. The van der Waals surface area contributed by atoms with Crippen molar-refractivity contribution in [1.82, 2.24) is 4.90 Å². The number of ether oxygens (including phenoxy) is 3. The maximum atomic E-state index is 11.5. The number of hydrogen-bond donors (Lipinski definition) is 1. The third-order valence-electron chi connectivity index (χ3n) is 3.52. The first-order chi connectivity index (χ1) is 11.2. The van der Waals surface area contributed by atoms with Gasteiger partial charge in [0.05, 0.1) is 25.5 Å². The van der Waals surface area contributed by atoms with E-state index in [4.69, 9.17) is 14.2 Å². The van der Waals surface area contributed by atoms with Crippen LogP contribution in [0.4, 0.5) is 0 Å². The minimum absolute atomic E-state index is 0.00987. The van der Waals surface area contributed by atoms with E-state index < -0.39 is 6.23 Å². The van der Waals surface area contributed by atoms with Crippen molar-refractivity contribution in [2.45, 2.75) is 24.9 Å². The van der Waals surface area contributed by atoms with E-state index in [1.165, 1.54) is 0 Å². The van der Waals surface area contributed by atoms with Gasteiger partial charge in [-0.25, -0.2) is 0 Å². The summed E-state index contributed by atoms with van der Waals surface area (Å²) in [5.41, 5.74) is 0. The summed E-state index contributed by atoms with van der Waals surface area (Å²) in [6.07, 6.45) is -0.880. The molecule has 0 amide bonds. The van der Waals surface area contributed by atoms with Crippen LogP contribution in [0.3, 0.4) is 0 Å². The molecule has 2 unspecified atom stereocenters. The highest BCUT2D eigenvalue weighted by molar-refractivity contribution is 8.00. The first-order valence-electron chi connectivity index (χ1n) is 7.62. The highest BCUT2D eigenvalue weighted by Crippen LogP contribution is 2.30. The molecule has 1 aromatic carbocycles. The zero-order chi connectivity index (χ0) is 16.7. The van der Waals surface area contributed by atoms with Gasteiger partial charge in [0.25, 0.3) is 0 Å². The van der Waals surface area contributed by atoms with Crippen LogP contribution in [0.25, 0.3) is 0 Å². The normalized spacial score (nSPS) is 19.3. The molecule has 2 atom stereocenters. The molecule has 128 valence electrons. The van der Waals surface area contributed by atoms with Gasteiger partial charge in [-0.2, -0.15) is 0 Å². The van der Waals surface area contributed by atoms with Gasteiger partial charge in [0.1, 0.15) is 12.8 Å². The van der Waals surface area contributed by atoms with Crippen LogP contribution >= 0.6 is 11.8 Å². The Balaban J connectivity index is 1.90. The quantitative estimate of drug-likeness (QED) is 0.722. The van der Waals surface area contributed by atoms with Crippen molar-refractivity contribution in [2.24, 2.45) is 0 Å². The van der Waals surface area contributed by atoms with Crippen LogP contribution in [0.1, 0.15) is 13.3 Å². The van der Waals surface area contributed by atoms with Gasteiger partial charge < -0.3 is 19.3 Å². The van der Waals surface area contributed by atoms with Gasteiger partial charge in [-0.3, -0.25) is 9.69 Å². The average molecular weight is 341 g/mol. The predicted molar refractivity (Wildman–Crippen MR) is 88.7 cm³/mol. The smallest absolute Gasteiger partial charge is 0.309 e. The lowest BCUT2D eigenvalue weighted by molar-refractivity contribution is -0.148. The second kappa shape index (κ2) is 9.00. The number of carbonyl (C=O) groups is 1. The van der Waals surface area contributed by atoms with Crippen LogP contribution < -0.4 is 9.47 Å². The maximum absolute atomic E-state index is 11.5. The van der Waals surface area contributed by atoms with Crippen LogP contribution in [0.15, 0.2) is 24.3 Å². The number of para-hydroxylation sites is 2. The van der Waals surface area contributed by atoms with Crippen molar-refractivity contribution >= 4 is 17.7 Å². The zero-order valence-corrected chi connectivity index (χ0v) is 14.3. The molecule has 1 heterocycles. The summed E-state index contributed by atoms with van der Waals surface area (Å²) in [5, 5.41) is 10.2. The average Bonchev–Trinajstić information content (AvgIpc) is 3.02. The standard InChI is InChI=1S/C16H23NO5S/c1-3-21-16(19)10-14(18)17-8-9-23-15(17)11-22-13-7-5-4-6-12(13)20-2/h4-7,14-15,18H,3,8-11H2,1-2H3. The highest BCUT2D eigenvalue weighted by Gasteiger charge is 2.32. The molecule has 0 spiro atoms. The molecule has 1 fully saturated rings. The third-order valence-corrected chi connectivity index (χ3v) is 4.73. The van der Waals surface area contributed by atoms with E-state index in [0.717, 1.165) is 5.75 Å². The van der Waals surface area contributed by atoms with Gasteiger partial charge in [-0.05, 0) is 19.1 Å². The summed E-state index contributed by atoms with van der Waals surface area (Å²) in [5.74, 6) is 1.84. The highest BCUT2D eigenvalue weighted by atomic mass is 32.2. The Morgan fingerprint density at radius 2 is 2.17 bits per heavy atom. The Hall–Kier alpha value is -1.44. The van der Waals surface area contributed by atoms with Crippen LogP contribution in [-0.2, 0) is 9.53 Å². The molecule has 1 aliphatic heterocycles. The number of hydrogen-bond acceptors (Lipinski definition) is 7. The molecular weight excluding hydrogens is 318 g/mol. The van der Waals surface area contributed by atoms with Crippen molar-refractivity contribution < 1.29 is 24.1 Å². The molecular formula is C16H23NO5S. The van der Waals surface area contributed by atoms with E-state index in [1.54, 1.807) is 25.8 Å². The van der Waals surface area contributed by atoms with E-state index in [-0.39, 0.29) is 17.8 Å². The van der Waals surface area contributed by atoms with Crippen molar-refractivity contribution in [1.29, 1.82) is 0 Å². The van der Waals surface area contributed by atoms with Crippen molar-refractivity contribution in [2.75, 3.05) is 32.6 Å². The summed E-state index contributed by atoms with van der Waals surface area (Å²) in [6.45, 7) is 3.19. The minimum Gasteiger partial charge on any atom is -0.493 e. The summed E-state index contributed by atoms with van der Waals surface area (Å²) >= 11 is 1.70. The number of methoxy groups -OCH3 is 1. The van der Waals surface area contributed by atoms with Crippen molar-refractivity contribution in [3.8, 4) is 11.5 Å². The van der Waals surface area contributed by atoms with Crippen LogP contribution in [0.5, 0.6) is 11.5 Å². The number of aliphatic hydroxyl groups excluding tert-OH is 1. The van der Waals surface area contributed by atoms with Gasteiger partial charge in [0.15, 0.2) is 11.5 Å². The maximum Gasteiger partial charge on any atom is 0.309 e. The first-order valence-corrected chi connectivity index (χ1v) is 8.67. The van der Waals surface area contributed by atoms with Gasteiger partial charge in [-0.1, -0.05) is 12.1 Å². The fourth-order valence-corrected chi connectivity index (χ4v) is 3.59. The summed E-state index contributed by atoms with van der Waals surface area (Å²) in [6, 6.07) is 7.45. The predicted octanol–water partition coefficient (Wildman–Crippen LogP) is 1.72. The van der Waals surface area contributed by atoms with Crippen molar-refractivity contribution in [3.05, 3.63) is 24.3 Å². The molecule has 7 heteroatoms. The van der Waals surface area contributed by atoms with Crippen molar-refractivity contribution in [3.63, 3.8) is 0 Å². The van der Waals surface area contributed by atoms with Gasteiger partial charge >= 0.3 is 5.97 Å². The number of carbonyl (C=O) groups excluding carboxylic acids is 1. The Morgan fingerprint density at radius 1 is 1.43 bits per heavy atom. The molecule has 1 aromatic rings. The lowest BCUT2D eigenvalue weighted by atomic mass is 10.3. The molecule has 1 aliphatic rings. The monoisotopic (exact) mass is 341 g/mol. The molecule has 1 N–H and O–H groups in total. The lowest BCUT2D eigenvalue weighted by Gasteiger charge is -2.28. The van der Waals surface area contributed by atoms with Crippen LogP contribution in [0, 0.1) is 0 Å². The second-order valence-corrected chi connectivity index (χ2v) is 6.30. The van der Waals surface area contributed by atoms with E-state index in [1.807, 2.05) is 29.2 Å². The van der Waals surface area contributed by atoms with E-state index in [2.05, 4.69) is 0 Å². The van der Waals surface area contributed by atoms with Crippen LogP contribution in [0.2, 0.25) is 0 Å². The Kier molecular flexibility index (Phi) is 7.01. The Bertz CT molecular complexity index is 513. The number of thioether (sulfide) groups is 1. The Labute approximate surface area is 140 Å². The number of nitrogens with zero attached hydrogens (tertiary/aromatic N) is 1. The van der Waals surface area contributed by atoms with Gasteiger partial charge in [0.2, 0.25) is 0 Å². The van der Waals surface area contributed by atoms with E-state index in [0.29, 0.717) is 31.3 Å². The Morgan fingerprint density at radius 3 is 2.87 bits per heavy atom. The molecule has 0 radical (unpaired) electrons. The number of esters is 1. The van der Waals surface area contributed by atoms with E-state index >= 15 is 0 Å². The number of aliphatic hydroxyl groups is 1. The number of rotatable bonds is 8. The molecule has 6 nitrogen and oxygen atoms in total. The molecule has 0 aliphatic carbocycles. The largest absolute Gasteiger partial charge is 0.493 e. The summed E-state index contributed by atoms with van der Waals surface area (Å²) in [4.78, 5) is 13.4. The molecule has 2 rings (SSSR count). The molecule has 0 aromatic heterocycles. The molecule has 1 saturated heterocycles. The summed E-state index contributed by atoms with van der Waals surface area (Å²) in [7, 11) is 1.60. The molecule has 23 heavy (non-hydrogen) atoms. The van der Waals surface area contributed by atoms with Gasteiger partial charge in [-0.15, -0.1) is 11.8 Å². The fourth-order valence-electron chi connectivity index (χ4n) is 2.40. The fraction of sp³-hybridized carbons (Fsp3) is 0.562. The van der Waals surface area contributed by atoms with E-state index in [9.17, 15) is 9.90 Å². The van der Waals surface area contributed by atoms with Crippen LogP contribution in [-0.4, -0.2) is 60.2 Å². The zero-order valence-electron chi connectivity index (χ0n) is 13.4. The lowest BCUT2D eigenvalue weighted by Crippen LogP contribution is -2.42. The topological polar surface area (TPSA) is 68.2 Å². The third kappa shape index (κ3) is 5.02. The summed E-state index contributed by atoms with van der Waals surface area (Å²) < 4.78 is 16.0. The minimum atomic E-state index is -0.852. The number of benzene rings is 1. The SMILES string of the molecule is CCOC(=O)CC(O)N1CCSC1COc1ccccc1OC. The second-order valence-electron chi connectivity index (χ2n) is 5.01. The van der Waals surface area contributed by atoms with Gasteiger partial charge in [0, 0.05) is 12.3 Å².